The predicted octanol–water partition coefficient (Wildman–Crippen LogP) is 2.83. The van der Waals surface area contributed by atoms with Crippen molar-refractivity contribution in [3.05, 3.63) is 12.4 Å². The fourth-order valence-electron chi connectivity index (χ4n) is 3.83. The Labute approximate surface area is 143 Å². The molecule has 1 aliphatic heterocycles. The van der Waals surface area contributed by atoms with Crippen molar-refractivity contribution in [3.8, 4) is 0 Å². The molecule has 0 bridgehead atoms. The number of aromatic nitrogens is 2. The zero-order valence-corrected chi connectivity index (χ0v) is 14.7. The minimum atomic E-state index is -0.214. The summed E-state index contributed by atoms with van der Waals surface area (Å²) in [5.74, 6) is -0.216. The zero-order valence-electron chi connectivity index (χ0n) is 14.7. The Morgan fingerprint density at radius 1 is 1.12 bits per heavy atom. The first-order valence-corrected chi connectivity index (χ1v) is 9.20. The van der Waals surface area contributed by atoms with E-state index in [2.05, 4.69) is 10.4 Å². The lowest BCUT2D eigenvalue weighted by Gasteiger charge is -2.32. The van der Waals surface area contributed by atoms with Gasteiger partial charge in [0.05, 0.1) is 11.9 Å². The largest absolute Gasteiger partial charge is 0.342 e. The second-order valence-electron chi connectivity index (χ2n) is 7.32. The van der Waals surface area contributed by atoms with E-state index in [-0.39, 0.29) is 29.7 Å². The van der Waals surface area contributed by atoms with Crippen LogP contribution in [0.4, 0.5) is 5.69 Å². The third kappa shape index (κ3) is 3.62. The zero-order chi connectivity index (χ0) is 17.1. The molecule has 1 saturated heterocycles. The van der Waals surface area contributed by atoms with Crippen molar-refractivity contribution in [1.82, 2.24) is 14.7 Å². The molecule has 1 aliphatic carbocycles. The third-order valence-electron chi connectivity index (χ3n) is 5.24. The molecule has 0 unspecified atom stereocenters. The van der Waals surface area contributed by atoms with Crippen molar-refractivity contribution in [1.29, 1.82) is 0 Å². The minimum Gasteiger partial charge on any atom is -0.342 e. The van der Waals surface area contributed by atoms with E-state index in [1.807, 2.05) is 29.6 Å². The number of carbonyl (C=O) groups is 2. The summed E-state index contributed by atoms with van der Waals surface area (Å²) in [6.45, 7) is 5.80. The van der Waals surface area contributed by atoms with Crippen LogP contribution in [0.2, 0.25) is 0 Å². The van der Waals surface area contributed by atoms with Crippen molar-refractivity contribution < 1.29 is 9.59 Å². The van der Waals surface area contributed by atoms with Gasteiger partial charge in [0.15, 0.2) is 0 Å². The minimum absolute atomic E-state index is 0.0319. The van der Waals surface area contributed by atoms with E-state index in [1.165, 1.54) is 0 Å². The van der Waals surface area contributed by atoms with Gasteiger partial charge < -0.3 is 10.2 Å². The third-order valence-corrected chi connectivity index (χ3v) is 5.24. The van der Waals surface area contributed by atoms with Crippen molar-refractivity contribution in [2.45, 2.75) is 58.4 Å². The number of hydrogen-bond donors (Lipinski definition) is 1. The summed E-state index contributed by atoms with van der Waals surface area (Å²) in [4.78, 5) is 27.5. The van der Waals surface area contributed by atoms with Gasteiger partial charge in [0.1, 0.15) is 0 Å². The Balaban J connectivity index is 1.67. The standard InChI is InChI=1S/C18H28N4O2/c1-13(2)22-12-14(11-19-22)20-17(23)15-7-3-4-8-16(15)18(24)21-9-5-6-10-21/h11-13,15-16H,3-10H2,1-2H3,(H,20,23)/t15-,16+/m0/s1. The summed E-state index contributed by atoms with van der Waals surface area (Å²) >= 11 is 0. The maximum absolute atomic E-state index is 12.8. The molecule has 24 heavy (non-hydrogen) atoms. The normalized spacial score (nSPS) is 24.4. The van der Waals surface area contributed by atoms with E-state index in [0.717, 1.165) is 51.6 Å². The van der Waals surface area contributed by atoms with Crippen LogP contribution in [-0.2, 0) is 9.59 Å². The maximum atomic E-state index is 12.8. The van der Waals surface area contributed by atoms with Gasteiger partial charge in [-0.15, -0.1) is 0 Å². The van der Waals surface area contributed by atoms with Gasteiger partial charge in [-0.05, 0) is 39.5 Å². The average molecular weight is 332 g/mol. The first-order valence-electron chi connectivity index (χ1n) is 9.20. The second kappa shape index (κ2) is 7.36. The number of hydrogen-bond acceptors (Lipinski definition) is 3. The number of amides is 2. The molecule has 0 spiro atoms. The van der Waals surface area contributed by atoms with Gasteiger partial charge in [0.2, 0.25) is 11.8 Å². The van der Waals surface area contributed by atoms with Crippen LogP contribution in [0.1, 0.15) is 58.4 Å². The maximum Gasteiger partial charge on any atom is 0.228 e. The number of nitrogens with one attached hydrogen (secondary N) is 1. The van der Waals surface area contributed by atoms with Crippen molar-refractivity contribution in [2.75, 3.05) is 18.4 Å². The van der Waals surface area contributed by atoms with Gasteiger partial charge in [0.25, 0.3) is 0 Å². The fourth-order valence-corrected chi connectivity index (χ4v) is 3.83. The Morgan fingerprint density at radius 3 is 2.42 bits per heavy atom. The molecule has 0 aromatic carbocycles. The number of nitrogens with zero attached hydrogens (tertiary/aromatic N) is 3. The lowest BCUT2D eigenvalue weighted by Crippen LogP contribution is -2.42. The fraction of sp³-hybridized carbons (Fsp3) is 0.722. The molecule has 2 fully saturated rings. The summed E-state index contributed by atoms with van der Waals surface area (Å²) in [6, 6.07) is 0.259. The van der Waals surface area contributed by atoms with Crippen LogP contribution in [-0.4, -0.2) is 39.6 Å². The quantitative estimate of drug-likeness (QED) is 0.922. The van der Waals surface area contributed by atoms with Crippen LogP contribution < -0.4 is 5.32 Å². The highest BCUT2D eigenvalue weighted by Crippen LogP contribution is 2.33. The second-order valence-corrected chi connectivity index (χ2v) is 7.32. The highest BCUT2D eigenvalue weighted by molar-refractivity contribution is 5.96. The predicted molar refractivity (Wildman–Crippen MR) is 92.5 cm³/mol. The van der Waals surface area contributed by atoms with Crippen LogP contribution >= 0.6 is 0 Å². The topological polar surface area (TPSA) is 67.2 Å². The molecule has 132 valence electrons. The molecule has 2 atom stereocenters. The highest BCUT2D eigenvalue weighted by Gasteiger charge is 2.38. The molecule has 1 N–H and O–H groups in total. The molecule has 1 saturated carbocycles. The first-order chi connectivity index (χ1) is 11.6. The van der Waals surface area contributed by atoms with Gasteiger partial charge in [-0.2, -0.15) is 5.10 Å². The average Bonchev–Trinajstić information content (AvgIpc) is 3.26. The van der Waals surface area contributed by atoms with Crippen molar-refractivity contribution in [3.63, 3.8) is 0 Å². The molecule has 1 aromatic heterocycles. The van der Waals surface area contributed by atoms with Crippen molar-refractivity contribution in [2.24, 2.45) is 11.8 Å². The van der Waals surface area contributed by atoms with Gasteiger partial charge in [-0.1, -0.05) is 12.8 Å². The summed E-state index contributed by atoms with van der Waals surface area (Å²) in [6.07, 6.45) is 9.40. The van der Waals surface area contributed by atoms with Crippen LogP contribution in [0.15, 0.2) is 12.4 Å². The molecule has 6 heteroatoms. The summed E-state index contributed by atoms with van der Waals surface area (Å²) in [7, 11) is 0. The molecule has 1 aromatic rings. The summed E-state index contributed by atoms with van der Waals surface area (Å²) < 4.78 is 1.82. The van der Waals surface area contributed by atoms with E-state index in [4.69, 9.17) is 0 Å². The summed E-state index contributed by atoms with van der Waals surface area (Å²) in [5.41, 5.74) is 0.714. The smallest absolute Gasteiger partial charge is 0.228 e. The number of likely N-dealkylation sites (tertiary alicyclic amines) is 1. The Morgan fingerprint density at radius 2 is 1.79 bits per heavy atom. The molecule has 2 aliphatic rings. The monoisotopic (exact) mass is 332 g/mol. The van der Waals surface area contributed by atoms with Crippen LogP contribution in [0.25, 0.3) is 0 Å². The van der Waals surface area contributed by atoms with E-state index < -0.39 is 0 Å². The van der Waals surface area contributed by atoms with Crippen LogP contribution in [0, 0.1) is 11.8 Å². The number of anilines is 1. The van der Waals surface area contributed by atoms with Crippen LogP contribution in [0.3, 0.4) is 0 Å². The number of rotatable bonds is 4. The Hall–Kier alpha value is -1.85. The van der Waals surface area contributed by atoms with Gasteiger partial charge >= 0.3 is 0 Å². The Bertz CT molecular complexity index is 590. The van der Waals surface area contributed by atoms with Gasteiger partial charge in [0, 0.05) is 37.2 Å². The SMILES string of the molecule is CC(C)n1cc(NC(=O)[C@H]2CCCC[C@H]2C(=O)N2CCCC2)cn1. The molecule has 3 rings (SSSR count). The van der Waals surface area contributed by atoms with Gasteiger partial charge in [-0.25, -0.2) is 0 Å². The lowest BCUT2D eigenvalue weighted by atomic mass is 9.78. The lowest BCUT2D eigenvalue weighted by molar-refractivity contribution is -0.141. The molecule has 6 nitrogen and oxygen atoms in total. The van der Waals surface area contributed by atoms with E-state index in [0.29, 0.717) is 5.69 Å². The first kappa shape index (κ1) is 17.0. The van der Waals surface area contributed by atoms with Gasteiger partial charge in [-0.3, -0.25) is 14.3 Å². The molecule has 2 amide bonds. The number of carbonyl (C=O) groups excluding carboxylic acids is 2. The molecule has 2 heterocycles. The van der Waals surface area contributed by atoms with E-state index >= 15 is 0 Å². The highest BCUT2D eigenvalue weighted by atomic mass is 16.2. The summed E-state index contributed by atoms with van der Waals surface area (Å²) in [5, 5.41) is 7.23. The molecular weight excluding hydrogens is 304 g/mol. The Kier molecular flexibility index (Phi) is 5.21. The van der Waals surface area contributed by atoms with E-state index in [1.54, 1.807) is 6.20 Å². The van der Waals surface area contributed by atoms with Crippen molar-refractivity contribution >= 4 is 17.5 Å². The van der Waals surface area contributed by atoms with Crippen LogP contribution in [0.5, 0.6) is 0 Å². The molecular formula is C18H28N4O2. The van der Waals surface area contributed by atoms with E-state index in [9.17, 15) is 9.59 Å². The molecule has 0 radical (unpaired) electrons.